The first kappa shape index (κ1) is 24.3. The number of hydrogen-bond donors (Lipinski definition) is 0. The van der Waals surface area contributed by atoms with Crippen molar-refractivity contribution in [3.05, 3.63) is 79.1 Å². The second-order valence-electron chi connectivity index (χ2n) is 12.5. The van der Waals surface area contributed by atoms with E-state index >= 15 is 0 Å². The Kier molecular flexibility index (Phi) is 5.10. The number of rotatable bonds is 0. The van der Waals surface area contributed by atoms with Crippen LogP contribution in [0.4, 0.5) is 0 Å². The molecule has 0 aliphatic carbocycles. The van der Waals surface area contributed by atoms with Crippen LogP contribution in [0.1, 0.15) is 63.8 Å². The SMILES string of the molecule is Cc1cc(C)c2c(=O)c3cc4c(cc3n(C(C)(C)C)c2c1)c(=O)c1c(C)cc(C)cc1n4C(C)(C)C. The molecule has 0 N–H and O–H groups in total. The van der Waals surface area contributed by atoms with Crippen molar-refractivity contribution in [3.63, 3.8) is 0 Å². The van der Waals surface area contributed by atoms with Gasteiger partial charge in [0.15, 0.2) is 10.9 Å². The second-order valence-corrected chi connectivity index (χ2v) is 12.5. The molecule has 0 saturated carbocycles. The van der Waals surface area contributed by atoms with Gasteiger partial charge in [0.05, 0.1) is 22.1 Å². The molecular formula is C32H36N2O2. The van der Waals surface area contributed by atoms with E-state index in [0.29, 0.717) is 10.8 Å². The molecule has 2 heterocycles. The molecule has 4 heteroatoms. The highest BCUT2D eigenvalue weighted by Gasteiger charge is 2.26. The van der Waals surface area contributed by atoms with Gasteiger partial charge in [0.2, 0.25) is 0 Å². The second kappa shape index (κ2) is 7.55. The van der Waals surface area contributed by atoms with E-state index in [0.717, 1.165) is 55.1 Å². The van der Waals surface area contributed by atoms with Crippen molar-refractivity contribution >= 4 is 43.6 Å². The molecule has 3 aromatic carbocycles. The molecule has 0 amide bonds. The molecule has 0 aliphatic heterocycles. The van der Waals surface area contributed by atoms with Crippen LogP contribution in [0.3, 0.4) is 0 Å². The highest BCUT2D eigenvalue weighted by molar-refractivity contribution is 6.05. The monoisotopic (exact) mass is 480 g/mol. The van der Waals surface area contributed by atoms with Gasteiger partial charge in [-0.3, -0.25) is 9.59 Å². The van der Waals surface area contributed by atoms with Crippen molar-refractivity contribution in [3.8, 4) is 0 Å². The van der Waals surface area contributed by atoms with Gasteiger partial charge in [-0.05, 0) is 116 Å². The maximum absolute atomic E-state index is 14.1. The maximum atomic E-state index is 14.1. The van der Waals surface area contributed by atoms with Crippen LogP contribution in [0.2, 0.25) is 0 Å². The van der Waals surface area contributed by atoms with Crippen LogP contribution in [-0.2, 0) is 11.1 Å². The van der Waals surface area contributed by atoms with Crippen molar-refractivity contribution in [2.24, 2.45) is 0 Å². The standard InChI is InChI=1S/C32H36N2O2/c1-17-11-19(3)27-25(13-17)33(31(5,6)7)23-15-22-24(16-21(23)29(27)35)34(32(8,9)10)26-14-18(2)12-20(4)28(26)30(22)36/h11-16H,1-10H3. The van der Waals surface area contributed by atoms with Crippen molar-refractivity contribution < 1.29 is 0 Å². The minimum Gasteiger partial charge on any atom is -0.335 e. The summed E-state index contributed by atoms with van der Waals surface area (Å²) in [5.41, 5.74) is 7.08. The molecular weight excluding hydrogens is 444 g/mol. The fourth-order valence-electron chi connectivity index (χ4n) is 6.12. The maximum Gasteiger partial charge on any atom is 0.197 e. The molecule has 186 valence electrons. The summed E-state index contributed by atoms with van der Waals surface area (Å²) in [6.45, 7) is 21.1. The zero-order chi connectivity index (χ0) is 26.5. The first-order valence-corrected chi connectivity index (χ1v) is 12.7. The molecule has 0 unspecified atom stereocenters. The number of pyridine rings is 2. The fraction of sp³-hybridized carbons (Fsp3) is 0.375. The highest BCUT2D eigenvalue weighted by Crippen LogP contribution is 2.34. The molecule has 36 heavy (non-hydrogen) atoms. The lowest BCUT2D eigenvalue weighted by Gasteiger charge is -2.31. The van der Waals surface area contributed by atoms with E-state index in [1.165, 1.54) is 0 Å². The number of nitrogens with zero attached hydrogens (tertiary/aromatic N) is 2. The number of hydrogen-bond acceptors (Lipinski definition) is 2. The van der Waals surface area contributed by atoms with Crippen LogP contribution in [0.25, 0.3) is 43.6 Å². The Morgan fingerprint density at radius 2 is 0.833 bits per heavy atom. The zero-order valence-electron chi connectivity index (χ0n) is 23.2. The van der Waals surface area contributed by atoms with Gasteiger partial charge in [-0.15, -0.1) is 0 Å². The molecule has 0 atom stereocenters. The Labute approximate surface area is 212 Å². The third-order valence-electron chi connectivity index (χ3n) is 7.28. The van der Waals surface area contributed by atoms with Gasteiger partial charge < -0.3 is 9.13 Å². The van der Waals surface area contributed by atoms with Gasteiger partial charge in [0, 0.05) is 32.6 Å². The average molecular weight is 481 g/mol. The van der Waals surface area contributed by atoms with Crippen molar-refractivity contribution in [2.75, 3.05) is 0 Å². The molecule has 2 aromatic heterocycles. The molecule has 5 rings (SSSR count). The largest absolute Gasteiger partial charge is 0.335 e. The van der Waals surface area contributed by atoms with E-state index in [9.17, 15) is 9.59 Å². The number of aryl methyl sites for hydroxylation is 4. The lowest BCUT2D eigenvalue weighted by Crippen LogP contribution is -2.28. The lowest BCUT2D eigenvalue weighted by molar-refractivity contribution is 0.420. The van der Waals surface area contributed by atoms with Crippen LogP contribution in [0.5, 0.6) is 0 Å². The van der Waals surface area contributed by atoms with Gasteiger partial charge in [0.25, 0.3) is 0 Å². The van der Waals surface area contributed by atoms with Crippen LogP contribution in [0, 0.1) is 27.7 Å². The lowest BCUT2D eigenvalue weighted by atomic mass is 9.95. The molecule has 0 aliphatic rings. The van der Waals surface area contributed by atoms with E-state index < -0.39 is 0 Å². The number of benzene rings is 3. The van der Waals surface area contributed by atoms with Crippen LogP contribution in [0.15, 0.2) is 46.0 Å². The van der Waals surface area contributed by atoms with Crippen molar-refractivity contribution in [1.29, 1.82) is 0 Å². The topological polar surface area (TPSA) is 44.0 Å². The van der Waals surface area contributed by atoms with Crippen LogP contribution < -0.4 is 10.9 Å². The van der Waals surface area contributed by atoms with Crippen LogP contribution in [-0.4, -0.2) is 9.13 Å². The minimum absolute atomic E-state index is 0.0216. The van der Waals surface area contributed by atoms with E-state index in [1.807, 2.05) is 26.0 Å². The van der Waals surface area contributed by atoms with E-state index in [2.05, 4.69) is 88.8 Å². The number of aromatic nitrogens is 2. The van der Waals surface area contributed by atoms with E-state index in [4.69, 9.17) is 0 Å². The molecule has 0 bridgehead atoms. The predicted octanol–water partition coefficient (Wildman–Crippen LogP) is 7.37. The summed E-state index contributed by atoms with van der Waals surface area (Å²) >= 11 is 0. The minimum atomic E-state index is -0.301. The van der Waals surface area contributed by atoms with E-state index in [-0.39, 0.29) is 21.9 Å². The molecule has 5 aromatic rings. The summed E-state index contributed by atoms with van der Waals surface area (Å²) in [7, 11) is 0. The molecule has 0 fully saturated rings. The fourth-order valence-corrected chi connectivity index (χ4v) is 6.12. The third kappa shape index (κ3) is 3.42. The Balaban J connectivity index is 2.19. The zero-order valence-corrected chi connectivity index (χ0v) is 23.2. The quantitative estimate of drug-likeness (QED) is 0.217. The van der Waals surface area contributed by atoms with Gasteiger partial charge >= 0.3 is 0 Å². The van der Waals surface area contributed by atoms with E-state index in [1.54, 1.807) is 0 Å². The first-order valence-electron chi connectivity index (χ1n) is 12.7. The van der Waals surface area contributed by atoms with Gasteiger partial charge in [-0.1, -0.05) is 12.1 Å². The summed E-state index contributed by atoms with van der Waals surface area (Å²) < 4.78 is 4.48. The van der Waals surface area contributed by atoms with Crippen molar-refractivity contribution in [1.82, 2.24) is 9.13 Å². The third-order valence-corrected chi connectivity index (χ3v) is 7.28. The predicted molar refractivity (Wildman–Crippen MR) is 154 cm³/mol. The van der Waals surface area contributed by atoms with Gasteiger partial charge in [-0.2, -0.15) is 0 Å². The summed E-state index contributed by atoms with van der Waals surface area (Å²) in [4.78, 5) is 28.1. The Morgan fingerprint density at radius 3 is 1.14 bits per heavy atom. The van der Waals surface area contributed by atoms with Crippen LogP contribution >= 0.6 is 0 Å². The molecule has 0 saturated heterocycles. The summed E-state index contributed by atoms with van der Waals surface area (Å²) in [5, 5.41) is 2.80. The summed E-state index contributed by atoms with van der Waals surface area (Å²) in [6, 6.07) is 12.3. The van der Waals surface area contributed by atoms with Gasteiger partial charge in [-0.25, -0.2) is 0 Å². The van der Waals surface area contributed by atoms with Crippen molar-refractivity contribution in [2.45, 2.75) is 80.3 Å². The molecule has 0 spiro atoms. The normalized spacial score (nSPS) is 12.9. The Bertz CT molecular complexity index is 1730. The summed E-state index contributed by atoms with van der Waals surface area (Å²) in [5.74, 6) is 0. The number of fused-ring (bicyclic) bond motifs is 4. The Hall–Kier alpha value is -3.40. The molecule has 0 radical (unpaired) electrons. The first-order chi connectivity index (χ1) is 16.6. The van der Waals surface area contributed by atoms with Gasteiger partial charge in [0.1, 0.15) is 0 Å². The Morgan fingerprint density at radius 1 is 0.500 bits per heavy atom. The molecule has 4 nitrogen and oxygen atoms in total. The average Bonchev–Trinajstić information content (AvgIpc) is 2.70. The highest BCUT2D eigenvalue weighted by atomic mass is 16.1. The smallest absolute Gasteiger partial charge is 0.197 e. The summed E-state index contributed by atoms with van der Waals surface area (Å²) in [6.07, 6.45) is 0.